The standard InChI is InChI=1S/C52H30F6N2O2/c53-51(54,55)35-9-7-15-39(27-35)59(37-11-3-1-4-12-37)41-19-17-31-23-43-45-29-46-44-24-32-18-20-42(60(38-13-5-2-6-14-38)40-16-8-10-36(28-40)52(56,57)58)22-34(32)26-48(44)62-50(46)30-49(45)61-47(43)25-33(31)21-41/h1-30H. The molecule has 302 valence electrons. The largest absolute Gasteiger partial charge is 0.456 e. The number of alkyl halides is 6. The third-order valence-corrected chi connectivity index (χ3v) is 11.4. The molecule has 0 fully saturated rings. The number of nitrogens with zero attached hydrogens (tertiary/aromatic N) is 2. The van der Waals surface area contributed by atoms with Gasteiger partial charge in [-0.25, -0.2) is 0 Å². The van der Waals surface area contributed by atoms with Crippen LogP contribution >= 0.6 is 0 Å². The second-order valence-corrected chi connectivity index (χ2v) is 15.2. The summed E-state index contributed by atoms with van der Waals surface area (Å²) >= 11 is 0. The fourth-order valence-corrected chi connectivity index (χ4v) is 8.48. The molecule has 0 atom stereocenters. The van der Waals surface area contributed by atoms with Crippen LogP contribution < -0.4 is 9.80 Å². The van der Waals surface area contributed by atoms with E-state index in [2.05, 4.69) is 18.2 Å². The van der Waals surface area contributed by atoms with E-state index in [1.165, 1.54) is 12.1 Å². The van der Waals surface area contributed by atoms with Gasteiger partial charge in [0, 0.05) is 61.7 Å². The van der Waals surface area contributed by atoms with Crippen LogP contribution in [0.5, 0.6) is 0 Å². The summed E-state index contributed by atoms with van der Waals surface area (Å²) in [5.74, 6) is 0. The van der Waals surface area contributed by atoms with E-state index in [1.807, 2.05) is 115 Å². The number of hydrogen-bond donors (Lipinski definition) is 0. The highest BCUT2D eigenvalue weighted by Gasteiger charge is 2.32. The van der Waals surface area contributed by atoms with Gasteiger partial charge in [-0.3, -0.25) is 0 Å². The average Bonchev–Trinajstić information content (AvgIpc) is 3.80. The number of halogens is 6. The molecular formula is C52H30F6N2O2. The Labute approximate surface area is 349 Å². The molecule has 2 aromatic heterocycles. The first-order chi connectivity index (χ1) is 29.9. The third-order valence-electron chi connectivity index (χ3n) is 11.4. The zero-order valence-electron chi connectivity index (χ0n) is 32.3. The highest BCUT2D eigenvalue weighted by molar-refractivity contribution is 6.18. The molecule has 0 amide bonds. The van der Waals surface area contributed by atoms with Gasteiger partial charge >= 0.3 is 12.4 Å². The van der Waals surface area contributed by atoms with Crippen LogP contribution in [0.2, 0.25) is 0 Å². The van der Waals surface area contributed by atoms with Gasteiger partial charge in [-0.2, -0.15) is 26.3 Å². The van der Waals surface area contributed by atoms with Gasteiger partial charge in [0.1, 0.15) is 22.3 Å². The van der Waals surface area contributed by atoms with Crippen LogP contribution in [0.25, 0.3) is 65.4 Å². The highest BCUT2D eigenvalue weighted by atomic mass is 19.4. The molecule has 0 aliphatic carbocycles. The minimum Gasteiger partial charge on any atom is -0.456 e. The third kappa shape index (κ3) is 6.42. The zero-order chi connectivity index (χ0) is 42.3. The number of anilines is 6. The van der Waals surface area contributed by atoms with Crippen LogP contribution in [-0.2, 0) is 12.4 Å². The molecule has 0 bridgehead atoms. The predicted molar refractivity (Wildman–Crippen MR) is 235 cm³/mol. The number of rotatable bonds is 6. The van der Waals surface area contributed by atoms with E-state index in [0.717, 1.165) is 67.4 Å². The molecular weight excluding hydrogens is 799 g/mol. The normalized spacial score (nSPS) is 12.4. The molecule has 10 heteroatoms. The monoisotopic (exact) mass is 828 g/mol. The molecule has 0 saturated heterocycles. The lowest BCUT2D eigenvalue weighted by atomic mass is 10.0. The van der Waals surface area contributed by atoms with E-state index >= 15 is 0 Å². The number of hydrogen-bond acceptors (Lipinski definition) is 4. The van der Waals surface area contributed by atoms with E-state index in [-0.39, 0.29) is 0 Å². The summed E-state index contributed by atoms with van der Waals surface area (Å²) in [4.78, 5) is 3.61. The number of para-hydroxylation sites is 2. The van der Waals surface area contributed by atoms with E-state index < -0.39 is 23.5 Å². The van der Waals surface area contributed by atoms with Crippen LogP contribution in [0.1, 0.15) is 11.1 Å². The van der Waals surface area contributed by atoms with Crippen LogP contribution in [0, 0.1) is 0 Å². The summed E-state index contributed by atoms with van der Waals surface area (Å²) in [5, 5.41) is 7.13. The molecule has 0 radical (unpaired) electrons. The minimum atomic E-state index is -4.49. The fraction of sp³-hybridized carbons (Fsp3) is 0.0385. The van der Waals surface area contributed by atoms with E-state index in [4.69, 9.17) is 8.83 Å². The number of benzene rings is 9. The zero-order valence-corrected chi connectivity index (χ0v) is 32.3. The van der Waals surface area contributed by atoms with E-state index in [1.54, 1.807) is 21.9 Å². The molecule has 62 heavy (non-hydrogen) atoms. The lowest BCUT2D eigenvalue weighted by molar-refractivity contribution is -0.138. The second-order valence-electron chi connectivity index (χ2n) is 15.2. The molecule has 11 aromatic rings. The highest BCUT2D eigenvalue weighted by Crippen LogP contribution is 2.44. The summed E-state index contributed by atoms with van der Waals surface area (Å²) in [6, 6.07) is 52.8. The van der Waals surface area contributed by atoms with Crippen LogP contribution in [-0.4, -0.2) is 0 Å². The molecule has 0 spiro atoms. The summed E-state index contributed by atoms with van der Waals surface area (Å²) in [5.41, 5.74) is 4.63. The van der Waals surface area contributed by atoms with Gasteiger partial charge < -0.3 is 18.6 Å². The number of furan rings is 2. The van der Waals surface area contributed by atoms with Crippen molar-refractivity contribution in [1.29, 1.82) is 0 Å². The molecule has 0 N–H and O–H groups in total. The van der Waals surface area contributed by atoms with Gasteiger partial charge in [0.05, 0.1) is 11.1 Å². The van der Waals surface area contributed by atoms with Crippen molar-refractivity contribution in [3.63, 3.8) is 0 Å². The van der Waals surface area contributed by atoms with Gasteiger partial charge in [0.15, 0.2) is 0 Å². The molecule has 0 aliphatic rings. The number of fused-ring (bicyclic) bond motifs is 8. The van der Waals surface area contributed by atoms with Gasteiger partial charge in [-0.05, 0) is 137 Å². The first-order valence-corrected chi connectivity index (χ1v) is 19.7. The first kappa shape index (κ1) is 37.3. The quantitative estimate of drug-likeness (QED) is 0.156. The molecule has 4 nitrogen and oxygen atoms in total. The SMILES string of the molecule is FC(F)(F)c1cccc(N(c2ccccc2)c2ccc3cc4c(cc3c2)oc2cc3oc5cc6cc(N(c7ccccc7)c7cccc(C(F)(F)F)c7)ccc6cc5c3cc24)c1. The molecule has 0 saturated carbocycles. The maximum Gasteiger partial charge on any atom is 0.416 e. The van der Waals surface area contributed by atoms with Crippen molar-refractivity contribution >= 4 is 99.5 Å². The summed E-state index contributed by atoms with van der Waals surface area (Å²) in [7, 11) is 0. The van der Waals surface area contributed by atoms with E-state index in [9.17, 15) is 26.3 Å². The Morgan fingerprint density at radius 2 is 0.661 bits per heavy atom. The maximum absolute atomic E-state index is 13.8. The second kappa shape index (κ2) is 13.9. The van der Waals surface area contributed by atoms with Crippen molar-refractivity contribution in [2.24, 2.45) is 0 Å². The lowest BCUT2D eigenvalue weighted by Crippen LogP contribution is -2.12. The van der Waals surface area contributed by atoms with Crippen molar-refractivity contribution < 1.29 is 35.2 Å². The van der Waals surface area contributed by atoms with E-state index in [0.29, 0.717) is 56.5 Å². The topological polar surface area (TPSA) is 32.8 Å². The van der Waals surface area contributed by atoms with Crippen LogP contribution in [0.4, 0.5) is 60.5 Å². The Morgan fingerprint density at radius 1 is 0.290 bits per heavy atom. The van der Waals surface area contributed by atoms with Crippen molar-refractivity contribution in [1.82, 2.24) is 0 Å². The Kier molecular flexibility index (Phi) is 8.37. The molecule has 9 aromatic carbocycles. The van der Waals surface area contributed by atoms with Crippen LogP contribution in [0.15, 0.2) is 191 Å². The predicted octanol–water partition coefficient (Wildman–Crippen LogP) is 16.8. The van der Waals surface area contributed by atoms with Gasteiger partial charge in [-0.1, -0.05) is 60.7 Å². The van der Waals surface area contributed by atoms with Crippen molar-refractivity contribution in [2.45, 2.75) is 12.4 Å². The Balaban J connectivity index is 0.993. The lowest BCUT2D eigenvalue weighted by Gasteiger charge is -2.26. The Bertz CT molecular complexity index is 3290. The molecule has 0 aliphatic heterocycles. The summed E-state index contributed by atoms with van der Waals surface area (Å²) in [6.45, 7) is 0. The molecule has 2 heterocycles. The van der Waals surface area contributed by atoms with Crippen LogP contribution in [0.3, 0.4) is 0 Å². The fourth-order valence-electron chi connectivity index (χ4n) is 8.48. The maximum atomic E-state index is 13.8. The summed E-state index contributed by atoms with van der Waals surface area (Å²) in [6.07, 6.45) is -8.99. The molecule has 0 unspecified atom stereocenters. The van der Waals surface area contributed by atoms with Gasteiger partial charge in [-0.15, -0.1) is 0 Å². The van der Waals surface area contributed by atoms with Crippen molar-refractivity contribution in [3.05, 3.63) is 193 Å². The minimum absolute atomic E-state index is 0.377. The van der Waals surface area contributed by atoms with Crippen molar-refractivity contribution in [2.75, 3.05) is 9.80 Å². The Morgan fingerprint density at radius 3 is 1.08 bits per heavy atom. The molecule has 11 rings (SSSR count). The Hall–Kier alpha value is -7.72. The smallest absolute Gasteiger partial charge is 0.416 e. The van der Waals surface area contributed by atoms with Crippen molar-refractivity contribution in [3.8, 4) is 0 Å². The van der Waals surface area contributed by atoms with Gasteiger partial charge in [0.2, 0.25) is 0 Å². The average molecular weight is 829 g/mol. The summed E-state index contributed by atoms with van der Waals surface area (Å²) < 4.78 is 95.7. The first-order valence-electron chi connectivity index (χ1n) is 19.7. The van der Waals surface area contributed by atoms with Gasteiger partial charge in [0.25, 0.3) is 0 Å².